The van der Waals surface area contributed by atoms with Crippen molar-refractivity contribution in [2.45, 2.75) is 19.3 Å². The highest BCUT2D eigenvalue weighted by molar-refractivity contribution is 6.30. The molecule has 0 fully saturated rings. The lowest BCUT2D eigenvalue weighted by molar-refractivity contribution is 1.07. The molecule has 0 heterocycles. The van der Waals surface area contributed by atoms with Gasteiger partial charge in [0, 0.05) is 10.9 Å². The zero-order valence-corrected chi connectivity index (χ0v) is 19.7. The molecule has 34 heavy (non-hydrogen) atoms. The Kier molecular flexibility index (Phi) is 4.34. The van der Waals surface area contributed by atoms with Crippen molar-refractivity contribution in [1.29, 1.82) is 0 Å². The summed E-state index contributed by atoms with van der Waals surface area (Å²) in [5, 5.41) is 3.43. The van der Waals surface area contributed by atoms with Gasteiger partial charge >= 0.3 is 0 Å². The van der Waals surface area contributed by atoms with Crippen LogP contribution in [0, 0.1) is 0 Å². The van der Waals surface area contributed by atoms with E-state index >= 15 is 0 Å². The molecule has 0 bridgehead atoms. The van der Waals surface area contributed by atoms with E-state index in [0.717, 1.165) is 11.4 Å². The maximum atomic E-state index is 6.23. The van der Waals surface area contributed by atoms with E-state index in [1.165, 1.54) is 66.1 Å². The van der Waals surface area contributed by atoms with Crippen molar-refractivity contribution in [1.82, 2.24) is 0 Å². The van der Waals surface area contributed by atoms with Crippen LogP contribution in [0.15, 0.2) is 108 Å². The summed E-state index contributed by atoms with van der Waals surface area (Å²) in [6, 6.07) is 32.8. The van der Waals surface area contributed by atoms with Crippen molar-refractivity contribution in [3.05, 3.63) is 146 Å². The molecular weight excluding hydrogens is 432 g/mol. The predicted molar refractivity (Wildman–Crippen MR) is 143 cm³/mol. The monoisotopic (exact) mass is 454 g/mol. The highest BCUT2D eigenvalue weighted by Gasteiger charge is 2.31. The Hall–Kier alpha value is -3.61. The Labute approximate surface area is 204 Å². The number of fused-ring (bicyclic) bond motifs is 5. The van der Waals surface area contributed by atoms with Crippen LogP contribution < -0.4 is 10.4 Å². The zero-order valence-electron chi connectivity index (χ0n) is 19.0. The summed E-state index contributed by atoms with van der Waals surface area (Å²) < 4.78 is 0. The number of rotatable bonds is 2. The first-order valence-corrected chi connectivity index (χ1v) is 12.3. The van der Waals surface area contributed by atoms with E-state index < -0.39 is 0 Å². The summed E-state index contributed by atoms with van der Waals surface area (Å²) in [7, 11) is 0. The highest BCUT2D eigenvalue weighted by atomic mass is 35.5. The molecular formula is C33H23Cl. The molecule has 4 aromatic carbocycles. The van der Waals surface area contributed by atoms with E-state index in [0.29, 0.717) is 0 Å². The summed E-state index contributed by atoms with van der Waals surface area (Å²) in [5.41, 5.74) is 13.8. The molecule has 7 rings (SSSR count). The second-order valence-corrected chi connectivity index (χ2v) is 9.91. The van der Waals surface area contributed by atoms with Crippen molar-refractivity contribution in [3.8, 4) is 11.1 Å². The van der Waals surface area contributed by atoms with Crippen molar-refractivity contribution in [2.75, 3.05) is 0 Å². The van der Waals surface area contributed by atoms with E-state index in [4.69, 9.17) is 11.6 Å². The van der Waals surface area contributed by atoms with E-state index in [-0.39, 0.29) is 5.92 Å². The molecule has 0 amide bonds. The number of allylic oxidation sites excluding steroid dienone is 4. The third-order valence-corrected chi connectivity index (χ3v) is 7.83. The van der Waals surface area contributed by atoms with Crippen molar-refractivity contribution >= 4 is 28.8 Å². The molecule has 0 nitrogen and oxygen atoms in total. The standard InChI is InChI=1S/C33H23Cl/c1-20-17-29(21-13-15-24(34)16-14-21)33-26-10-5-3-8-23(26)19-31(33)32(20)28-12-6-11-27-25-9-4-2-7-22(25)18-30(27)28/h2-17,19,29H,18H2,1H3. The molecule has 0 aromatic heterocycles. The maximum absolute atomic E-state index is 6.23. The molecule has 0 spiro atoms. The third-order valence-electron chi connectivity index (χ3n) is 7.58. The van der Waals surface area contributed by atoms with Crippen LogP contribution >= 0.6 is 11.6 Å². The van der Waals surface area contributed by atoms with Crippen LogP contribution in [-0.4, -0.2) is 0 Å². The van der Waals surface area contributed by atoms with Crippen LogP contribution in [0.2, 0.25) is 5.02 Å². The van der Waals surface area contributed by atoms with E-state index in [2.05, 4.69) is 97.9 Å². The molecule has 0 aliphatic heterocycles. The van der Waals surface area contributed by atoms with Gasteiger partial charge in [-0.15, -0.1) is 0 Å². The fraction of sp³-hybridized carbons (Fsp3) is 0.0909. The number of halogens is 1. The Morgan fingerprint density at radius 3 is 2.35 bits per heavy atom. The minimum atomic E-state index is 0.213. The average molecular weight is 455 g/mol. The van der Waals surface area contributed by atoms with Gasteiger partial charge in [-0.3, -0.25) is 0 Å². The molecule has 0 saturated carbocycles. The Balaban J connectivity index is 1.50. The van der Waals surface area contributed by atoms with Crippen molar-refractivity contribution < 1.29 is 0 Å². The molecule has 0 saturated heterocycles. The fourth-order valence-electron chi connectivity index (χ4n) is 6.10. The van der Waals surface area contributed by atoms with Crippen LogP contribution in [0.1, 0.15) is 35.1 Å². The summed E-state index contributed by atoms with van der Waals surface area (Å²) >= 11 is 6.23. The van der Waals surface area contributed by atoms with Gasteiger partial charge in [-0.25, -0.2) is 0 Å². The maximum Gasteiger partial charge on any atom is 0.0406 e. The lowest BCUT2D eigenvalue weighted by Gasteiger charge is -2.28. The van der Waals surface area contributed by atoms with E-state index in [9.17, 15) is 0 Å². The molecule has 0 N–H and O–H groups in total. The molecule has 1 heteroatoms. The Bertz CT molecular complexity index is 1680. The fourth-order valence-corrected chi connectivity index (χ4v) is 6.23. The highest BCUT2D eigenvalue weighted by Crippen LogP contribution is 2.48. The molecule has 0 radical (unpaired) electrons. The van der Waals surface area contributed by atoms with Gasteiger partial charge in [-0.05, 0) is 97.7 Å². The van der Waals surface area contributed by atoms with Gasteiger partial charge in [0.15, 0.2) is 0 Å². The lowest BCUT2D eigenvalue weighted by Crippen LogP contribution is -2.24. The zero-order chi connectivity index (χ0) is 22.8. The van der Waals surface area contributed by atoms with Crippen LogP contribution in [0.4, 0.5) is 0 Å². The first kappa shape index (κ1) is 19.8. The summed E-state index contributed by atoms with van der Waals surface area (Å²) in [6.45, 7) is 2.28. The van der Waals surface area contributed by atoms with Crippen LogP contribution in [-0.2, 0) is 6.42 Å². The quantitative estimate of drug-likeness (QED) is 0.268. The SMILES string of the molecule is CC1=CC(c2ccc(Cl)cc2)C2=c3ccccc3=CC2=C1c1cccc2c1Cc1ccccc1-2. The Morgan fingerprint density at radius 1 is 0.735 bits per heavy atom. The van der Waals surface area contributed by atoms with Crippen molar-refractivity contribution in [3.63, 3.8) is 0 Å². The summed E-state index contributed by atoms with van der Waals surface area (Å²) in [5.74, 6) is 0.213. The van der Waals surface area contributed by atoms with Crippen molar-refractivity contribution in [2.24, 2.45) is 0 Å². The van der Waals surface area contributed by atoms with Gasteiger partial charge in [0.05, 0.1) is 0 Å². The summed E-state index contributed by atoms with van der Waals surface area (Å²) in [4.78, 5) is 0. The number of benzene rings is 4. The van der Waals surface area contributed by atoms with Gasteiger partial charge in [0.2, 0.25) is 0 Å². The second kappa shape index (κ2) is 7.45. The third kappa shape index (κ3) is 2.85. The van der Waals surface area contributed by atoms with Gasteiger partial charge in [0.1, 0.15) is 0 Å². The minimum absolute atomic E-state index is 0.213. The van der Waals surface area contributed by atoms with Crippen LogP contribution in [0.5, 0.6) is 0 Å². The first-order valence-electron chi connectivity index (χ1n) is 11.9. The minimum Gasteiger partial charge on any atom is -0.0843 e. The van der Waals surface area contributed by atoms with Crippen LogP contribution in [0.3, 0.4) is 0 Å². The molecule has 4 aromatic rings. The predicted octanol–water partition coefficient (Wildman–Crippen LogP) is 7.05. The smallest absolute Gasteiger partial charge is 0.0406 e. The molecule has 1 unspecified atom stereocenters. The lowest BCUT2D eigenvalue weighted by atomic mass is 9.75. The molecule has 3 aliphatic rings. The Morgan fingerprint density at radius 2 is 1.47 bits per heavy atom. The van der Waals surface area contributed by atoms with Gasteiger partial charge in [0.25, 0.3) is 0 Å². The molecule has 162 valence electrons. The number of hydrogen-bond donors (Lipinski definition) is 0. The molecule has 3 aliphatic carbocycles. The average Bonchev–Trinajstić information content (AvgIpc) is 3.43. The number of hydrogen-bond acceptors (Lipinski definition) is 0. The largest absolute Gasteiger partial charge is 0.0843 e. The van der Waals surface area contributed by atoms with Gasteiger partial charge < -0.3 is 0 Å². The first-order chi connectivity index (χ1) is 16.7. The topological polar surface area (TPSA) is 0 Å². The van der Waals surface area contributed by atoms with Gasteiger partial charge in [-0.2, -0.15) is 0 Å². The van der Waals surface area contributed by atoms with Gasteiger partial charge in [-0.1, -0.05) is 96.5 Å². The van der Waals surface area contributed by atoms with E-state index in [1.54, 1.807) is 0 Å². The van der Waals surface area contributed by atoms with Crippen LogP contribution in [0.25, 0.3) is 28.3 Å². The molecule has 1 atom stereocenters. The normalized spacial score (nSPS) is 17.5. The summed E-state index contributed by atoms with van der Waals surface area (Å²) in [6.07, 6.45) is 5.85. The second-order valence-electron chi connectivity index (χ2n) is 9.48. The van der Waals surface area contributed by atoms with E-state index in [1.807, 2.05) is 12.1 Å².